The summed E-state index contributed by atoms with van der Waals surface area (Å²) < 4.78 is 36.8. The van der Waals surface area contributed by atoms with E-state index in [1.165, 1.54) is 36.4 Å². The van der Waals surface area contributed by atoms with Crippen LogP contribution in [0.3, 0.4) is 0 Å². The van der Waals surface area contributed by atoms with Gasteiger partial charge in [0.2, 0.25) is 9.84 Å². The quantitative estimate of drug-likeness (QED) is 0.584. The summed E-state index contributed by atoms with van der Waals surface area (Å²) in [5.74, 6) is 0.0316. The summed E-state index contributed by atoms with van der Waals surface area (Å²) in [5.41, 5.74) is 0. The van der Waals surface area contributed by atoms with Gasteiger partial charge in [0.15, 0.2) is 23.0 Å². The van der Waals surface area contributed by atoms with Gasteiger partial charge in [0, 0.05) is 12.1 Å². The van der Waals surface area contributed by atoms with Gasteiger partial charge in [-0.25, -0.2) is 8.42 Å². The summed E-state index contributed by atoms with van der Waals surface area (Å²) in [6, 6.07) is 7.86. The Labute approximate surface area is 160 Å². The Bertz CT molecular complexity index is 795. The molecule has 0 atom stereocenters. The molecule has 0 aliphatic carbocycles. The molecule has 2 N–H and O–H groups in total. The summed E-state index contributed by atoms with van der Waals surface area (Å²) >= 11 is 0. The number of phenolic OH excluding ortho intramolecular Hbond substituents is 2. The molecule has 0 saturated carbocycles. The number of phenols is 2. The molecule has 2 aromatic rings. The Balaban J connectivity index is 2.32. The Morgan fingerprint density at radius 2 is 1.19 bits per heavy atom. The Kier molecular flexibility index (Phi) is 7.36. The van der Waals surface area contributed by atoms with Gasteiger partial charge in [-0.05, 0) is 37.1 Å². The highest BCUT2D eigenvalue weighted by molar-refractivity contribution is 7.91. The molecule has 27 heavy (non-hydrogen) atoms. The molecular weight excluding hydrogens is 368 g/mol. The molecule has 0 saturated heterocycles. The summed E-state index contributed by atoms with van der Waals surface area (Å²) in [5, 5.41) is 19.8. The molecule has 0 aromatic heterocycles. The molecule has 0 bridgehead atoms. The second kappa shape index (κ2) is 9.50. The molecule has 0 aliphatic rings. The van der Waals surface area contributed by atoms with E-state index in [4.69, 9.17) is 9.47 Å². The Morgan fingerprint density at radius 1 is 0.778 bits per heavy atom. The number of hydrogen-bond acceptors (Lipinski definition) is 6. The summed E-state index contributed by atoms with van der Waals surface area (Å²) in [7, 11) is -3.86. The van der Waals surface area contributed by atoms with E-state index in [2.05, 4.69) is 0 Å². The third kappa shape index (κ3) is 5.29. The van der Waals surface area contributed by atoms with Crippen molar-refractivity contribution in [1.82, 2.24) is 0 Å². The standard InChI is InChI=1S/C20H26O6S/c1-3-5-11-25-19-13-15(7-9-17(19)21)27(23,24)16-8-10-18(22)20(14-16)26-12-6-4-2/h7-10,13-14,21-22H,3-6,11-12H2,1-2H3. The number of benzene rings is 2. The number of sulfone groups is 1. The van der Waals surface area contributed by atoms with Gasteiger partial charge < -0.3 is 19.7 Å². The van der Waals surface area contributed by atoms with Crippen molar-refractivity contribution in [2.24, 2.45) is 0 Å². The first-order chi connectivity index (χ1) is 12.9. The van der Waals surface area contributed by atoms with Gasteiger partial charge in [-0.1, -0.05) is 26.7 Å². The monoisotopic (exact) mass is 394 g/mol. The molecule has 0 radical (unpaired) electrons. The second-order valence-electron chi connectivity index (χ2n) is 6.17. The fourth-order valence-corrected chi connectivity index (χ4v) is 3.63. The molecule has 6 nitrogen and oxygen atoms in total. The zero-order chi connectivity index (χ0) is 19.9. The van der Waals surface area contributed by atoms with Crippen LogP contribution in [0.5, 0.6) is 23.0 Å². The summed E-state index contributed by atoms with van der Waals surface area (Å²) in [6.45, 7) is 4.80. The first-order valence-electron chi connectivity index (χ1n) is 9.06. The lowest BCUT2D eigenvalue weighted by Gasteiger charge is -2.12. The van der Waals surface area contributed by atoms with Crippen LogP contribution in [0.1, 0.15) is 39.5 Å². The normalized spacial score (nSPS) is 11.3. The number of aromatic hydroxyl groups is 2. The van der Waals surface area contributed by atoms with E-state index in [-0.39, 0.29) is 32.8 Å². The molecule has 0 fully saturated rings. The van der Waals surface area contributed by atoms with Gasteiger partial charge in [0.05, 0.1) is 23.0 Å². The first kappa shape index (κ1) is 20.9. The number of unbranched alkanes of at least 4 members (excludes halogenated alkanes) is 2. The molecule has 0 amide bonds. The van der Waals surface area contributed by atoms with Crippen molar-refractivity contribution in [3.8, 4) is 23.0 Å². The molecule has 0 unspecified atom stereocenters. The van der Waals surface area contributed by atoms with E-state index in [0.717, 1.165) is 25.7 Å². The topological polar surface area (TPSA) is 93.1 Å². The maximum absolute atomic E-state index is 12.9. The van der Waals surface area contributed by atoms with E-state index in [1.54, 1.807) is 0 Å². The average Bonchev–Trinajstić information content (AvgIpc) is 2.65. The third-order valence-electron chi connectivity index (χ3n) is 3.99. The molecule has 7 heteroatoms. The average molecular weight is 394 g/mol. The van der Waals surface area contributed by atoms with E-state index in [1.807, 2.05) is 13.8 Å². The van der Waals surface area contributed by atoms with Crippen LogP contribution in [0.4, 0.5) is 0 Å². The largest absolute Gasteiger partial charge is 0.504 e. The maximum Gasteiger partial charge on any atom is 0.206 e. The van der Waals surface area contributed by atoms with Gasteiger partial charge >= 0.3 is 0 Å². The Morgan fingerprint density at radius 3 is 1.56 bits per heavy atom. The molecule has 0 heterocycles. The Hall–Kier alpha value is -2.41. The lowest BCUT2D eigenvalue weighted by atomic mass is 10.3. The van der Waals surface area contributed by atoms with Gasteiger partial charge in [-0.2, -0.15) is 0 Å². The first-order valence-corrected chi connectivity index (χ1v) is 10.5. The molecule has 2 aromatic carbocycles. The van der Waals surface area contributed by atoms with Crippen LogP contribution in [0.2, 0.25) is 0 Å². The van der Waals surface area contributed by atoms with Crippen LogP contribution in [-0.4, -0.2) is 31.8 Å². The zero-order valence-electron chi connectivity index (χ0n) is 15.6. The van der Waals surface area contributed by atoms with Crippen LogP contribution >= 0.6 is 0 Å². The number of hydrogen-bond donors (Lipinski definition) is 2. The van der Waals surface area contributed by atoms with Crippen LogP contribution < -0.4 is 9.47 Å². The number of ether oxygens (including phenoxy) is 2. The minimum absolute atomic E-state index is 0.00278. The lowest BCUT2D eigenvalue weighted by molar-refractivity contribution is 0.291. The number of rotatable bonds is 10. The van der Waals surface area contributed by atoms with Crippen LogP contribution in [-0.2, 0) is 9.84 Å². The van der Waals surface area contributed by atoms with E-state index in [9.17, 15) is 18.6 Å². The van der Waals surface area contributed by atoms with Crippen LogP contribution in [0.15, 0.2) is 46.2 Å². The van der Waals surface area contributed by atoms with Crippen molar-refractivity contribution in [2.75, 3.05) is 13.2 Å². The van der Waals surface area contributed by atoms with Crippen molar-refractivity contribution < 1.29 is 28.1 Å². The zero-order valence-corrected chi connectivity index (χ0v) is 16.5. The maximum atomic E-state index is 12.9. The third-order valence-corrected chi connectivity index (χ3v) is 5.74. The highest BCUT2D eigenvalue weighted by Gasteiger charge is 2.21. The fraction of sp³-hybridized carbons (Fsp3) is 0.400. The van der Waals surface area contributed by atoms with Crippen molar-refractivity contribution in [3.05, 3.63) is 36.4 Å². The van der Waals surface area contributed by atoms with Gasteiger partial charge in [0.25, 0.3) is 0 Å². The minimum Gasteiger partial charge on any atom is -0.504 e. The van der Waals surface area contributed by atoms with Crippen molar-refractivity contribution in [3.63, 3.8) is 0 Å². The fourth-order valence-electron chi connectivity index (χ4n) is 2.34. The van der Waals surface area contributed by atoms with Crippen molar-refractivity contribution >= 4 is 9.84 Å². The second-order valence-corrected chi connectivity index (χ2v) is 8.12. The van der Waals surface area contributed by atoms with Crippen molar-refractivity contribution in [1.29, 1.82) is 0 Å². The van der Waals surface area contributed by atoms with Crippen molar-refractivity contribution in [2.45, 2.75) is 49.3 Å². The minimum atomic E-state index is -3.86. The molecule has 0 aliphatic heterocycles. The van der Waals surface area contributed by atoms with Gasteiger partial charge in [0.1, 0.15) is 0 Å². The summed E-state index contributed by atoms with van der Waals surface area (Å²) in [6.07, 6.45) is 3.44. The molecule has 0 spiro atoms. The van der Waals surface area contributed by atoms with E-state index in [0.29, 0.717) is 13.2 Å². The van der Waals surface area contributed by atoms with E-state index >= 15 is 0 Å². The molecular formula is C20H26O6S. The predicted molar refractivity (Wildman–Crippen MR) is 102 cm³/mol. The van der Waals surface area contributed by atoms with Crippen LogP contribution in [0.25, 0.3) is 0 Å². The van der Waals surface area contributed by atoms with E-state index < -0.39 is 9.84 Å². The smallest absolute Gasteiger partial charge is 0.206 e. The predicted octanol–water partition coefficient (Wildman–Crippen LogP) is 4.29. The lowest BCUT2D eigenvalue weighted by Crippen LogP contribution is -2.05. The van der Waals surface area contributed by atoms with Gasteiger partial charge in [-0.15, -0.1) is 0 Å². The highest BCUT2D eigenvalue weighted by atomic mass is 32.2. The van der Waals surface area contributed by atoms with Crippen LogP contribution in [0, 0.1) is 0 Å². The highest BCUT2D eigenvalue weighted by Crippen LogP contribution is 2.34. The SMILES string of the molecule is CCCCOc1cc(S(=O)(=O)c2ccc(O)c(OCCCC)c2)ccc1O. The molecule has 148 valence electrons. The molecule has 2 rings (SSSR count). The summed E-state index contributed by atoms with van der Waals surface area (Å²) in [4.78, 5) is -0.00556. The van der Waals surface area contributed by atoms with Gasteiger partial charge in [-0.3, -0.25) is 0 Å².